The van der Waals surface area contributed by atoms with Crippen LogP contribution < -0.4 is 0 Å². The minimum atomic E-state index is -0.577. The molecule has 0 unspecified atom stereocenters. The van der Waals surface area contributed by atoms with Crippen molar-refractivity contribution >= 4 is 48.4 Å². The molecule has 0 spiro atoms. The van der Waals surface area contributed by atoms with Gasteiger partial charge in [-0.25, -0.2) is 0 Å². The fourth-order valence-electron chi connectivity index (χ4n) is 3.30. The van der Waals surface area contributed by atoms with Crippen molar-refractivity contribution < 1.29 is 14.3 Å². The van der Waals surface area contributed by atoms with Crippen LogP contribution in [0.4, 0.5) is 0 Å². The van der Waals surface area contributed by atoms with Crippen LogP contribution in [0.2, 0.25) is 0 Å². The third-order valence-corrected chi connectivity index (χ3v) is 6.99. The first-order valence-electron chi connectivity index (χ1n) is 7.92. The van der Waals surface area contributed by atoms with Crippen molar-refractivity contribution in [3.05, 3.63) is 57.0 Å². The number of carbonyl (C=O) groups is 1. The molecule has 2 bridgehead atoms. The largest absolute Gasteiger partial charge is 0.361 e. The van der Waals surface area contributed by atoms with Gasteiger partial charge in [-0.15, -0.1) is 0 Å². The van der Waals surface area contributed by atoms with Gasteiger partial charge in [-0.05, 0) is 29.3 Å². The lowest BCUT2D eigenvalue weighted by molar-refractivity contribution is -0.158. The average molecular weight is 452 g/mol. The summed E-state index contributed by atoms with van der Waals surface area (Å²) in [7, 11) is 0. The van der Waals surface area contributed by atoms with Crippen LogP contribution in [0.5, 0.6) is 0 Å². The van der Waals surface area contributed by atoms with Gasteiger partial charge in [-0.3, -0.25) is 4.79 Å². The fraction of sp³-hybridized carbons (Fsp3) is 0.316. The highest BCUT2D eigenvalue weighted by Gasteiger charge is 2.47. The van der Waals surface area contributed by atoms with Crippen LogP contribution in [-0.2, 0) is 14.3 Å². The van der Waals surface area contributed by atoms with Crippen molar-refractivity contribution in [2.75, 3.05) is 0 Å². The number of fused-ring (bicyclic) bond motifs is 3. The van der Waals surface area contributed by atoms with E-state index in [9.17, 15) is 4.79 Å². The lowest BCUT2D eigenvalue weighted by Gasteiger charge is -2.31. The lowest BCUT2D eigenvalue weighted by atomic mass is 10.0. The van der Waals surface area contributed by atoms with Crippen molar-refractivity contribution in [3.63, 3.8) is 0 Å². The number of ketones is 1. The van der Waals surface area contributed by atoms with Crippen LogP contribution >= 0.6 is 31.9 Å². The maximum absolute atomic E-state index is 12.5. The zero-order valence-corrected chi connectivity index (χ0v) is 16.2. The molecule has 0 amide bonds. The zero-order valence-electron chi connectivity index (χ0n) is 13.0. The summed E-state index contributed by atoms with van der Waals surface area (Å²) in [5.41, 5.74) is 1.06. The number of carbonyl (C=O) groups excluding carboxylic acids is 1. The number of Topliss-reactive ketones (excluding diaryl/α,β-unsaturated/α-hetero) is 1. The Hall–Kier alpha value is -1.01. The van der Waals surface area contributed by atoms with E-state index in [1.807, 2.05) is 19.1 Å². The Balaban J connectivity index is 1.58. The minimum Gasteiger partial charge on any atom is -0.361 e. The Morgan fingerprint density at radius 1 is 1.12 bits per heavy atom. The number of benzene rings is 2. The standard InChI is InChI=1S/C19H16Br2O3/c1-10(12-7-6-11-4-2-3-5-13(11)8-12)23-18-14(22)9-15-16(20)17(21)19(18)24-15/h2-8,10,15,18-19H,9H2,1H3/t10-,15+,18+,19+/m1/s1. The molecule has 2 heterocycles. The van der Waals surface area contributed by atoms with E-state index in [2.05, 4.69) is 62.2 Å². The summed E-state index contributed by atoms with van der Waals surface area (Å²) in [5.74, 6) is 0.0929. The van der Waals surface area contributed by atoms with E-state index in [4.69, 9.17) is 9.47 Å². The molecule has 2 aromatic carbocycles. The van der Waals surface area contributed by atoms with Crippen LogP contribution in [0.15, 0.2) is 51.4 Å². The Morgan fingerprint density at radius 2 is 1.88 bits per heavy atom. The molecule has 0 aliphatic carbocycles. The molecule has 4 atom stereocenters. The molecular weight excluding hydrogens is 436 g/mol. The van der Waals surface area contributed by atoms with Crippen LogP contribution in [0.1, 0.15) is 25.0 Å². The second kappa shape index (κ2) is 6.37. The van der Waals surface area contributed by atoms with Gasteiger partial charge < -0.3 is 9.47 Å². The van der Waals surface area contributed by atoms with Crippen molar-refractivity contribution in [2.24, 2.45) is 0 Å². The summed E-state index contributed by atoms with van der Waals surface area (Å²) in [6.45, 7) is 1.98. The molecule has 24 heavy (non-hydrogen) atoms. The third-order valence-electron chi connectivity index (χ3n) is 4.64. The maximum Gasteiger partial charge on any atom is 0.167 e. The molecular formula is C19H16Br2O3. The third kappa shape index (κ3) is 2.77. The van der Waals surface area contributed by atoms with E-state index in [1.165, 1.54) is 10.8 Å². The fourth-order valence-corrected chi connectivity index (χ4v) is 4.40. The molecule has 4 rings (SSSR count). The van der Waals surface area contributed by atoms with Gasteiger partial charge in [-0.2, -0.15) is 0 Å². The average Bonchev–Trinajstić information content (AvgIpc) is 2.83. The molecule has 1 saturated heterocycles. The Morgan fingerprint density at radius 3 is 2.67 bits per heavy atom. The summed E-state index contributed by atoms with van der Waals surface area (Å²) in [6, 6.07) is 14.5. The van der Waals surface area contributed by atoms with Crippen LogP contribution in [-0.4, -0.2) is 24.1 Å². The Kier molecular flexibility index (Phi) is 4.37. The van der Waals surface area contributed by atoms with Gasteiger partial charge in [-0.1, -0.05) is 68.3 Å². The van der Waals surface area contributed by atoms with E-state index in [0.29, 0.717) is 6.42 Å². The first-order valence-corrected chi connectivity index (χ1v) is 9.50. The second-order valence-corrected chi connectivity index (χ2v) is 7.93. The molecule has 0 radical (unpaired) electrons. The number of hydrogen-bond acceptors (Lipinski definition) is 3. The van der Waals surface area contributed by atoms with Crippen LogP contribution in [0.25, 0.3) is 10.8 Å². The highest BCUT2D eigenvalue weighted by molar-refractivity contribution is 9.14. The van der Waals surface area contributed by atoms with Gasteiger partial charge in [0.25, 0.3) is 0 Å². The number of hydrogen-bond donors (Lipinski definition) is 0. The summed E-state index contributed by atoms with van der Waals surface area (Å²) in [4.78, 5) is 12.5. The number of ether oxygens (including phenoxy) is 2. The van der Waals surface area contributed by atoms with Gasteiger partial charge in [0.2, 0.25) is 0 Å². The normalized spacial score (nSPS) is 27.8. The number of halogens is 2. The first-order chi connectivity index (χ1) is 11.5. The van der Waals surface area contributed by atoms with E-state index >= 15 is 0 Å². The van der Waals surface area contributed by atoms with E-state index in [-0.39, 0.29) is 24.1 Å². The lowest BCUT2D eigenvalue weighted by Crippen LogP contribution is -2.43. The summed E-state index contributed by atoms with van der Waals surface area (Å²) < 4.78 is 13.8. The highest BCUT2D eigenvalue weighted by atomic mass is 79.9. The van der Waals surface area contributed by atoms with Gasteiger partial charge in [0.1, 0.15) is 12.2 Å². The predicted octanol–water partition coefficient (Wildman–Crippen LogP) is 5.03. The van der Waals surface area contributed by atoms with Crippen molar-refractivity contribution in [1.29, 1.82) is 0 Å². The molecule has 0 N–H and O–H groups in total. The smallest absolute Gasteiger partial charge is 0.167 e. The topological polar surface area (TPSA) is 35.5 Å². The van der Waals surface area contributed by atoms with Gasteiger partial charge in [0.15, 0.2) is 5.78 Å². The maximum atomic E-state index is 12.5. The predicted molar refractivity (Wildman–Crippen MR) is 100 cm³/mol. The molecule has 0 aromatic heterocycles. The SMILES string of the molecule is C[C@@H](O[C@H]1C(=O)C[C@@H]2O[C@H]1C(Br)=C2Br)c1ccc2ccccc2c1. The minimum absolute atomic E-state index is 0.0929. The van der Waals surface area contributed by atoms with E-state index < -0.39 is 6.10 Å². The molecule has 1 fully saturated rings. The monoisotopic (exact) mass is 450 g/mol. The second-order valence-electron chi connectivity index (χ2n) is 6.22. The molecule has 2 aliphatic heterocycles. The van der Waals surface area contributed by atoms with Crippen LogP contribution in [0.3, 0.4) is 0 Å². The summed E-state index contributed by atoms with van der Waals surface area (Å²) in [5, 5.41) is 2.36. The quantitative estimate of drug-likeness (QED) is 0.656. The summed E-state index contributed by atoms with van der Waals surface area (Å²) >= 11 is 7.04. The molecule has 2 aromatic rings. The van der Waals surface area contributed by atoms with Crippen molar-refractivity contribution in [3.8, 4) is 0 Å². The van der Waals surface area contributed by atoms with Gasteiger partial charge in [0, 0.05) is 15.4 Å². The molecule has 124 valence electrons. The van der Waals surface area contributed by atoms with Crippen molar-refractivity contribution in [1.82, 2.24) is 0 Å². The van der Waals surface area contributed by atoms with Crippen molar-refractivity contribution in [2.45, 2.75) is 37.8 Å². The molecule has 0 saturated carbocycles. The molecule has 2 aliphatic rings. The molecule has 3 nitrogen and oxygen atoms in total. The zero-order chi connectivity index (χ0) is 16.8. The van der Waals surface area contributed by atoms with E-state index in [0.717, 1.165) is 14.5 Å². The number of rotatable bonds is 3. The first kappa shape index (κ1) is 16.5. The van der Waals surface area contributed by atoms with Gasteiger partial charge >= 0.3 is 0 Å². The highest BCUT2D eigenvalue weighted by Crippen LogP contribution is 2.43. The summed E-state index contributed by atoms with van der Waals surface area (Å²) in [6.07, 6.45) is -0.946. The van der Waals surface area contributed by atoms with Gasteiger partial charge in [0.05, 0.1) is 12.2 Å². The van der Waals surface area contributed by atoms with E-state index in [1.54, 1.807) is 0 Å². The molecule has 5 heteroatoms. The Labute approximate surface area is 157 Å². The Bertz CT molecular complexity index is 845. The van der Waals surface area contributed by atoms with Crippen LogP contribution in [0, 0.1) is 0 Å².